The average Bonchev–Trinajstić information content (AvgIpc) is 2.90. The zero-order valence-electron chi connectivity index (χ0n) is 12.0. The molecule has 0 saturated carbocycles. The summed E-state index contributed by atoms with van der Waals surface area (Å²) >= 11 is 2.83. The van der Waals surface area contributed by atoms with E-state index in [1.807, 2.05) is 19.0 Å². The van der Waals surface area contributed by atoms with Crippen molar-refractivity contribution >= 4 is 39.9 Å². The molecule has 0 radical (unpaired) electrons. The molecule has 0 fully saturated rings. The number of rotatable bonds is 5. The second-order valence-corrected chi connectivity index (χ2v) is 6.57. The van der Waals surface area contributed by atoms with Crippen molar-refractivity contribution in [1.29, 1.82) is 0 Å². The second kappa shape index (κ2) is 6.77. The highest BCUT2D eigenvalue weighted by atomic mass is 32.2. The zero-order valence-corrected chi connectivity index (χ0v) is 13.6. The fourth-order valence-electron chi connectivity index (χ4n) is 1.52. The molecule has 1 aromatic heterocycles. The van der Waals surface area contributed by atoms with Crippen LogP contribution in [0.1, 0.15) is 17.3 Å². The van der Waals surface area contributed by atoms with E-state index >= 15 is 0 Å². The molecule has 2 rings (SSSR count). The first-order chi connectivity index (χ1) is 10.0. The molecule has 0 saturated heterocycles. The van der Waals surface area contributed by atoms with Crippen LogP contribution in [0.4, 0.5) is 10.8 Å². The molecule has 21 heavy (non-hydrogen) atoms. The van der Waals surface area contributed by atoms with E-state index in [-0.39, 0.29) is 5.97 Å². The Hall–Kier alpha value is -1.80. The van der Waals surface area contributed by atoms with Crippen molar-refractivity contribution in [3.8, 4) is 0 Å². The van der Waals surface area contributed by atoms with Gasteiger partial charge in [-0.3, -0.25) is 0 Å². The molecule has 0 aliphatic rings. The monoisotopic (exact) mass is 324 g/mol. The third-order valence-electron chi connectivity index (χ3n) is 2.47. The highest BCUT2D eigenvalue weighted by Crippen LogP contribution is 2.35. The lowest BCUT2D eigenvalue weighted by atomic mass is 10.2. The van der Waals surface area contributed by atoms with Crippen molar-refractivity contribution in [3.63, 3.8) is 0 Å². The molecule has 8 heteroatoms. The summed E-state index contributed by atoms with van der Waals surface area (Å²) in [6, 6.07) is 5.16. The van der Waals surface area contributed by atoms with Crippen LogP contribution in [-0.2, 0) is 4.74 Å². The van der Waals surface area contributed by atoms with Crippen LogP contribution in [0, 0.1) is 0 Å². The van der Waals surface area contributed by atoms with Gasteiger partial charge >= 0.3 is 5.97 Å². The van der Waals surface area contributed by atoms with Crippen LogP contribution in [0.5, 0.6) is 0 Å². The van der Waals surface area contributed by atoms with E-state index in [1.54, 1.807) is 25.1 Å². The summed E-state index contributed by atoms with van der Waals surface area (Å²) in [5.74, 6) is -0.385. The number of carbonyl (C=O) groups excluding carboxylic acids is 1. The van der Waals surface area contributed by atoms with Gasteiger partial charge in [-0.1, -0.05) is 23.1 Å². The minimum atomic E-state index is -0.385. The minimum Gasteiger partial charge on any atom is -0.462 e. The molecule has 0 spiro atoms. The van der Waals surface area contributed by atoms with Gasteiger partial charge in [0.15, 0.2) is 4.34 Å². The summed E-state index contributed by atoms with van der Waals surface area (Å²) in [7, 11) is 3.81. The van der Waals surface area contributed by atoms with Crippen LogP contribution in [-0.4, -0.2) is 36.9 Å². The molecular weight excluding hydrogens is 308 g/mol. The van der Waals surface area contributed by atoms with Crippen LogP contribution >= 0.6 is 23.1 Å². The zero-order chi connectivity index (χ0) is 15.4. The van der Waals surface area contributed by atoms with Crippen LogP contribution in [0.25, 0.3) is 0 Å². The summed E-state index contributed by atoms with van der Waals surface area (Å²) in [5, 5.41) is 8.99. The van der Waals surface area contributed by atoms with Crippen LogP contribution in [0.3, 0.4) is 0 Å². The lowest BCUT2D eigenvalue weighted by Gasteiger charge is -2.08. The van der Waals surface area contributed by atoms with E-state index in [9.17, 15) is 4.79 Å². The number of nitrogens with zero attached hydrogens (tertiary/aromatic N) is 3. The lowest BCUT2D eigenvalue weighted by molar-refractivity contribution is 0.0522. The number of nitrogen functional groups attached to an aromatic ring is 1. The first-order valence-corrected chi connectivity index (χ1v) is 7.90. The number of esters is 1. The third-order valence-corrected chi connectivity index (χ3v) is 4.69. The van der Waals surface area contributed by atoms with Gasteiger partial charge in [-0.15, -0.1) is 10.2 Å². The Labute approximate surface area is 131 Å². The number of ether oxygens (including phenoxy) is 1. The Morgan fingerprint density at radius 1 is 1.43 bits per heavy atom. The number of hydrogen-bond donors (Lipinski definition) is 1. The Morgan fingerprint density at radius 2 is 2.19 bits per heavy atom. The van der Waals surface area contributed by atoms with Gasteiger partial charge in [0.1, 0.15) is 0 Å². The Bertz CT molecular complexity index is 643. The standard InChI is InChI=1S/C13H16N4O2S2/c1-4-19-11(18)9-7-8(14)5-6-10(9)20-13-16-15-12(21-13)17(2)3/h5-7H,4,14H2,1-3H3. The van der Waals surface area contributed by atoms with Gasteiger partial charge in [0.2, 0.25) is 5.13 Å². The number of carbonyl (C=O) groups is 1. The number of anilines is 2. The van der Waals surface area contributed by atoms with Crippen molar-refractivity contribution in [2.24, 2.45) is 0 Å². The summed E-state index contributed by atoms with van der Waals surface area (Å²) in [5.41, 5.74) is 6.72. The Kier molecular flexibility index (Phi) is 5.03. The number of benzene rings is 1. The highest BCUT2D eigenvalue weighted by molar-refractivity contribution is 8.01. The van der Waals surface area contributed by atoms with E-state index in [0.717, 1.165) is 14.4 Å². The van der Waals surface area contributed by atoms with Gasteiger partial charge in [-0.2, -0.15) is 0 Å². The first-order valence-electron chi connectivity index (χ1n) is 6.26. The van der Waals surface area contributed by atoms with Crippen molar-refractivity contribution in [2.75, 3.05) is 31.3 Å². The fraction of sp³-hybridized carbons (Fsp3) is 0.308. The smallest absolute Gasteiger partial charge is 0.339 e. The Balaban J connectivity index is 2.28. The molecule has 0 aliphatic heterocycles. The first kappa shape index (κ1) is 15.6. The van der Waals surface area contributed by atoms with Crippen LogP contribution in [0.2, 0.25) is 0 Å². The minimum absolute atomic E-state index is 0.321. The largest absolute Gasteiger partial charge is 0.462 e. The van der Waals surface area contributed by atoms with Gasteiger partial charge < -0.3 is 15.4 Å². The molecule has 1 aromatic carbocycles. The molecule has 6 nitrogen and oxygen atoms in total. The molecular formula is C13H16N4O2S2. The summed E-state index contributed by atoms with van der Waals surface area (Å²) in [4.78, 5) is 14.6. The van der Waals surface area contributed by atoms with Gasteiger partial charge in [0.05, 0.1) is 12.2 Å². The van der Waals surface area contributed by atoms with Crippen molar-refractivity contribution in [2.45, 2.75) is 16.2 Å². The van der Waals surface area contributed by atoms with Crippen molar-refractivity contribution in [1.82, 2.24) is 10.2 Å². The average molecular weight is 324 g/mol. The predicted molar refractivity (Wildman–Crippen MR) is 85.2 cm³/mol. The number of nitrogens with two attached hydrogens (primary N) is 1. The number of aromatic nitrogens is 2. The fourth-order valence-corrected chi connectivity index (χ4v) is 3.34. The van der Waals surface area contributed by atoms with E-state index in [1.165, 1.54) is 23.1 Å². The maximum atomic E-state index is 12.0. The summed E-state index contributed by atoms with van der Waals surface area (Å²) in [6.45, 7) is 2.09. The molecule has 0 amide bonds. The molecule has 1 heterocycles. The predicted octanol–water partition coefficient (Wildman–Crippen LogP) is 2.51. The van der Waals surface area contributed by atoms with Crippen molar-refractivity contribution < 1.29 is 9.53 Å². The van der Waals surface area contributed by atoms with Gasteiger partial charge in [0, 0.05) is 24.7 Å². The highest BCUT2D eigenvalue weighted by Gasteiger charge is 2.16. The third kappa shape index (κ3) is 3.85. The lowest BCUT2D eigenvalue weighted by Crippen LogP contribution is -2.07. The van der Waals surface area contributed by atoms with E-state index in [4.69, 9.17) is 10.5 Å². The summed E-state index contributed by atoms with van der Waals surface area (Å²) < 4.78 is 5.81. The molecule has 0 bridgehead atoms. The van der Waals surface area contributed by atoms with Gasteiger partial charge in [-0.05, 0) is 25.1 Å². The van der Waals surface area contributed by atoms with E-state index in [2.05, 4.69) is 10.2 Å². The maximum Gasteiger partial charge on any atom is 0.339 e. The number of hydrogen-bond acceptors (Lipinski definition) is 8. The molecule has 0 aliphatic carbocycles. The van der Waals surface area contributed by atoms with Crippen LogP contribution in [0.15, 0.2) is 27.4 Å². The van der Waals surface area contributed by atoms with Crippen LogP contribution < -0.4 is 10.6 Å². The molecule has 112 valence electrons. The molecule has 0 unspecified atom stereocenters. The quantitative estimate of drug-likeness (QED) is 0.668. The Morgan fingerprint density at radius 3 is 2.81 bits per heavy atom. The van der Waals surface area contributed by atoms with E-state index in [0.29, 0.717) is 17.9 Å². The molecule has 0 atom stereocenters. The summed E-state index contributed by atoms with van der Waals surface area (Å²) in [6.07, 6.45) is 0. The topological polar surface area (TPSA) is 81.3 Å². The second-order valence-electron chi connectivity index (χ2n) is 4.32. The molecule has 2 N–H and O–H groups in total. The van der Waals surface area contributed by atoms with Gasteiger partial charge in [-0.25, -0.2) is 4.79 Å². The van der Waals surface area contributed by atoms with Crippen molar-refractivity contribution in [3.05, 3.63) is 23.8 Å². The van der Waals surface area contributed by atoms with Gasteiger partial charge in [0.25, 0.3) is 0 Å². The SMILES string of the molecule is CCOC(=O)c1cc(N)ccc1Sc1nnc(N(C)C)s1. The van der Waals surface area contributed by atoms with E-state index < -0.39 is 0 Å². The maximum absolute atomic E-state index is 12.0. The molecule has 2 aromatic rings. The normalized spacial score (nSPS) is 10.4.